The van der Waals surface area contributed by atoms with E-state index in [0.717, 1.165) is 51.4 Å². The number of ether oxygens (including phenoxy) is 1. The number of allylic oxidation sites excluding steroid dienone is 2. The van der Waals surface area contributed by atoms with Gasteiger partial charge in [0.2, 0.25) is 0 Å². The molecule has 32 heavy (non-hydrogen) atoms. The van der Waals surface area contributed by atoms with Gasteiger partial charge in [-0.3, -0.25) is 4.79 Å². The first-order chi connectivity index (χ1) is 15.2. The Morgan fingerprint density at radius 2 is 1.78 bits per heavy atom. The van der Waals surface area contributed by atoms with E-state index in [1.54, 1.807) is 5.57 Å². The molecule has 4 nitrogen and oxygen atoms in total. The Labute approximate surface area is 198 Å². The first-order valence-corrected chi connectivity index (χ1v) is 13.5. The van der Waals surface area contributed by atoms with E-state index in [-0.39, 0.29) is 17.3 Å². The molecule has 188 valence electrons. The second kappa shape index (κ2) is 15.1. The number of carbonyl (C=O) groups excluding carboxylic acids is 1. The summed E-state index contributed by atoms with van der Waals surface area (Å²) >= 11 is 0. The monoisotopic (exact) mass is 452 g/mol. The number of esters is 1. The molecule has 0 heterocycles. The molecule has 0 spiro atoms. The average Bonchev–Trinajstić information content (AvgIpc) is 3.16. The van der Waals surface area contributed by atoms with Crippen LogP contribution >= 0.6 is 0 Å². The van der Waals surface area contributed by atoms with Crippen LogP contribution in [-0.2, 0) is 9.53 Å². The second-order valence-corrected chi connectivity index (χ2v) is 10.6. The minimum absolute atomic E-state index is 0.0724. The Kier molecular flexibility index (Phi) is 13.8. The molecule has 0 aromatic carbocycles. The fourth-order valence-corrected chi connectivity index (χ4v) is 5.54. The van der Waals surface area contributed by atoms with E-state index in [1.165, 1.54) is 32.1 Å². The van der Waals surface area contributed by atoms with E-state index in [1.807, 2.05) is 13.8 Å². The van der Waals surface area contributed by atoms with Gasteiger partial charge in [0.15, 0.2) is 5.79 Å². The molecule has 2 N–H and O–H groups in total. The van der Waals surface area contributed by atoms with Crippen molar-refractivity contribution in [3.63, 3.8) is 0 Å². The van der Waals surface area contributed by atoms with Gasteiger partial charge in [0, 0.05) is 18.8 Å². The molecular weight excluding hydrogens is 400 g/mol. The molecule has 1 aliphatic rings. The van der Waals surface area contributed by atoms with Crippen LogP contribution in [0.15, 0.2) is 11.6 Å². The van der Waals surface area contributed by atoms with Crippen LogP contribution in [0.2, 0.25) is 0 Å². The normalized spacial score (nSPS) is 19.5. The Morgan fingerprint density at radius 3 is 2.44 bits per heavy atom. The van der Waals surface area contributed by atoms with E-state index < -0.39 is 5.79 Å². The third-order valence-corrected chi connectivity index (χ3v) is 7.44. The summed E-state index contributed by atoms with van der Waals surface area (Å²) in [5.41, 5.74) is 1.44. The fraction of sp³-hybridized carbons (Fsp3) is 0.893. The molecule has 1 rings (SSSR count). The lowest BCUT2D eigenvalue weighted by atomic mass is 9.68. The highest BCUT2D eigenvalue weighted by atomic mass is 16.5. The minimum atomic E-state index is -1.60. The molecule has 0 bridgehead atoms. The van der Waals surface area contributed by atoms with Crippen molar-refractivity contribution < 1.29 is 19.7 Å². The number of aliphatic hydroxyl groups is 2. The highest BCUT2D eigenvalue weighted by Crippen LogP contribution is 2.44. The smallest absolute Gasteiger partial charge is 0.305 e. The molecule has 2 atom stereocenters. The average molecular weight is 453 g/mol. The molecule has 0 aliphatic heterocycles. The predicted octanol–water partition coefficient (Wildman–Crippen LogP) is 7.32. The predicted molar refractivity (Wildman–Crippen MR) is 133 cm³/mol. The van der Waals surface area contributed by atoms with Gasteiger partial charge in [0.25, 0.3) is 0 Å². The van der Waals surface area contributed by atoms with Crippen molar-refractivity contribution in [3.05, 3.63) is 11.6 Å². The maximum absolute atomic E-state index is 11.4. The SMILES string of the molecule is CCCCC(C)(C)C(CC=C1CCC[C@@H]1CCCCCCC(=O)OCC)C(O)(O)CCC. The molecule has 0 aromatic heterocycles. The number of hydrogen-bond acceptors (Lipinski definition) is 4. The summed E-state index contributed by atoms with van der Waals surface area (Å²) in [6.07, 6.45) is 17.4. The molecule has 0 radical (unpaired) electrons. The molecule has 1 aliphatic carbocycles. The molecule has 0 saturated heterocycles. The molecule has 4 heteroatoms. The zero-order valence-electron chi connectivity index (χ0n) is 21.8. The molecule has 1 unspecified atom stereocenters. The van der Waals surface area contributed by atoms with Crippen molar-refractivity contribution in [3.8, 4) is 0 Å². The van der Waals surface area contributed by atoms with Crippen molar-refractivity contribution in [2.24, 2.45) is 17.3 Å². The maximum atomic E-state index is 11.4. The maximum Gasteiger partial charge on any atom is 0.305 e. The van der Waals surface area contributed by atoms with E-state index in [0.29, 0.717) is 25.4 Å². The number of unbranched alkanes of at least 4 members (excludes halogenated alkanes) is 4. The standard InChI is InChI=1S/C28H52O4/c1-6-9-22-27(4,5)25(28(30,31)21-7-2)20-19-24-17-14-16-23(24)15-12-10-11-13-18-26(29)32-8-3/h19,23,25,30-31H,6-18,20-22H2,1-5H3/t23-,25?/m0/s1. The van der Waals surface area contributed by atoms with Gasteiger partial charge in [-0.2, -0.15) is 0 Å². The number of hydrogen-bond donors (Lipinski definition) is 2. The van der Waals surface area contributed by atoms with Crippen LogP contribution in [0.5, 0.6) is 0 Å². The Bertz CT molecular complexity index is 550. The third kappa shape index (κ3) is 10.4. The summed E-state index contributed by atoms with van der Waals surface area (Å²) in [7, 11) is 0. The van der Waals surface area contributed by atoms with Gasteiger partial charge in [-0.15, -0.1) is 0 Å². The lowest BCUT2D eigenvalue weighted by Gasteiger charge is -2.42. The molecule has 1 fully saturated rings. The van der Waals surface area contributed by atoms with Crippen molar-refractivity contribution in [2.45, 2.75) is 137 Å². The first-order valence-electron chi connectivity index (χ1n) is 13.5. The van der Waals surface area contributed by atoms with Gasteiger partial charge < -0.3 is 14.9 Å². The fourth-order valence-electron chi connectivity index (χ4n) is 5.54. The van der Waals surface area contributed by atoms with Gasteiger partial charge in [0.05, 0.1) is 6.61 Å². The van der Waals surface area contributed by atoms with Gasteiger partial charge in [-0.05, 0) is 63.2 Å². The Hall–Kier alpha value is -0.870. The summed E-state index contributed by atoms with van der Waals surface area (Å²) in [5, 5.41) is 21.9. The molecule has 1 saturated carbocycles. The van der Waals surface area contributed by atoms with Crippen LogP contribution in [0.4, 0.5) is 0 Å². The van der Waals surface area contributed by atoms with E-state index >= 15 is 0 Å². The van der Waals surface area contributed by atoms with Gasteiger partial charge in [-0.1, -0.05) is 77.9 Å². The van der Waals surface area contributed by atoms with E-state index in [4.69, 9.17) is 4.74 Å². The summed E-state index contributed by atoms with van der Waals surface area (Å²) in [4.78, 5) is 11.4. The first kappa shape index (κ1) is 29.2. The van der Waals surface area contributed by atoms with Gasteiger partial charge in [-0.25, -0.2) is 0 Å². The van der Waals surface area contributed by atoms with Crippen LogP contribution in [-0.4, -0.2) is 28.6 Å². The largest absolute Gasteiger partial charge is 0.466 e. The molecular formula is C28H52O4. The van der Waals surface area contributed by atoms with Crippen LogP contribution in [0.3, 0.4) is 0 Å². The lowest BCUT2D eigenvalue weighted by Crippen LogP contribution is -2.45. The van der Waals surface area contributed by atoms with Crippen LogP contribution in [0, 0.1) is 17.3 Å². The highest BCUT2D eigenvalue weighted by Gasteiger charge is 2.42. The summed E-state index contributed by atoms with van der Waals surface area (Å²) in [5.74, 6) is -1.16. The van der Waals surface area contributed by atoms with Crippen molar-refractivity contribution >= 4 is 5.97 Å². The Morgan fingerprint density at radius 1 is 1.06 bits per heavy atom. The highest BCUT2D eigenvalue weighted by molar-refractivity contribution is 5.69. The van der Waals surface area contributed by atoms with Crippen molar-refractivity contribution in [1.29, 1.82) is 0 Å². The number of rotatable bonds is 17. The van der Waals surface area contributed by atoms with E-state index in [2.05, 4.69) is 26.8 Å². The zero-order valence-corrected chi connectivity index (χ0v) is 21.8. The summed E-state index contributed by atoms with van der Waals surface area (Å²) in [6.45, 7) is 11.0. The van der Waals surface area contributed by atoms with Crippen LogP contribution in [0.25, 0.3) is 0 Å². The van der Waals surface area contributed by atoms with Crippen LogP contribution in [0.1, 0.15) is 131 Å². The third-order valence-electron chi connectivity index (χ3n) is 7.44. The number of carbonyl (C=O) groups is 1. The summed E-state index contributed by atoms with van der Waals surface area (Å²) in [6, 6.07) is 0. The molecule has 0 aromatic rings. The van der Waals surface area contributed by atoms with Crippen molar-refractivity contribution in [2.75, 3.05) is 6.61 Å². The second-order valence-electron chi connectivity index (χ2n) is 10.6. The van der Waals surface area contributed by atoms with Gasteiger partial charge in [0.1, 0.15) is 0 Å². The van der Waals surface area contributed by atoms with Crippen LogP contribution < -0.4 is 0 Å². The zero-order chi connectivity index (χ0) is 24.0. The quantitative estimate of drug-likeness (QED) is 0.105. The Balaban J connectivity index is 2.62. The lowest BCUT2D eigenvalue weighted by molar-refractivity contribution is -0.228. The topological polar surface area (TPSA) is 66.8 Å². The summed E-state index contributed by atoms with van der Waals surface area (Å²) < 4.78 is 4.99. The minimum Gasteiger partial charge on any atom is -0.466 e. The van der Waals surface area contributed by atoms with Crippen molar-refractivity contribution in [1.82, 2.24) is 0 Å². The molecule has 0 amide bonds. The van der Waals surface area contributed by atoms with Gasteiger partial charge >= 0.3 is 5.97 Å². The van der Waals surface area contributed by atoms with E-state index in [9.17, 15) is 15.0 Å².